The minimum Gasteiger partial charge on any atom is -0.394 e. The van der Waals surface area contributed by atoms with Crippen LogP contribution in [0.5, 0.6) is 0 Å². The molecule has 0 aliphatic heterocycles. The van der Waals surface area contributed by atoms with Gasteiger partial charge in [-0.15, -0.1) is 0 Å². The fraction of sp³-hybridized carbons (Fsp3) is 0.581. The molecule has 0 atom stereocenters. The summed E-state index contributed by atoms with van der Waals surface area (Å²) in [6, 6.07) is 31.0. The second kappa shape index (κ2) is 34.2. The van der Waals surface area contributed by atoms with Crippen LogP contribution in [0.25, 0.3) is 0 Å². The van der Waals surface area contributed by atoms with E-state index < -0.39 is 5.60 Å². The maximum absolute atomic E-state index is 8.60. The molecule has 13 nitrogen and oxygen atoms in total. The van der Waals surface area contributed by atoms with Gasteiger partial charge in [-0.05, 0) is 16.7 Å². The van der Waals surface area contributed by atoms with Crippen LogP contribution < -0.4 is 0 Å². The smallest absolute Gasteiger partial charge is 0.143 e. The molecule has 314 valence electrons. The van der Waals surface area contributed by atoms with Gasteiger partial charge in [0, 0.05) is 0 Å². The van der Waals surface area contributed by atoms with Gasteiger partial charge in [0.1, 0.15) is 5.60 Å². The molecule has 3 aromatic carbocycles. The lowest BCUT2D eigenvalue weighted by Crippen LogP contribution is -2.34. The molecule has 3 rings (SSSR count). The van der Waals surface area contributed by atoms with Crippen LogP contribution in [0.2, 0.25) is 0 Å². The third-order valence-corrected chi connectivity index (χ3v) is 8.04. The van der Waals surface area contributed by atoms with Gasteiger partial charge in [0.25, 0.3) is 0 Å². The summed E-state index contributed by atoms with van der Waals surface area (Å²) in [5.41, 5.74) is 2.44. The van der Waals surface area contributed by atoms with Crippen molar-refractivity contribution in [2.75, 3.05) is 159 Å². The number of rotatable bonds is 39. The Labute approximate surface area is 333 Å². The van der Waals surface area contributed by atoms with E-state index in [1.165, 1.54) is 0 Å². The Bertz CT molecular complexity index is 1160. The van der Waals surface area contributed by atoms with Crippen LogP contribution in [0.4, 0.5) is 0 Å². The topological polar surface area (TPSA) is 131 Å². The summed E-state index contributed by atoms with van der Waals surface area (Å²) in [6.07, 6.45) is 0. The number of benzene rings is 3. The number of hydrogen-bond acceptors (Lipinski definition) is 13. The van der Waals surface area contributed by atoms with Crippen molar-refractivity contribution in [2.24, 2.45) is 0 Å². The fourth-order valence-electron chi connectivity index (χ4n) is 5.39. The average molecular weight is 789 g/mol. The summed E-state index contributed by atoms with van der Waals surface area (Å²) in [7, 11) is 0. The van der Waals surface area contributed by atoms with E-state index in [1.807, 2.05) is 54.6 Å². The van der Waals surface area contributed by atoms with Gasteiger partial charge < -0.3 is 61.9 Å². The molecule has 0 heterocycles. The van der Waals surface area contributed by atoms with Gasteiger partial charge in [-0.25, -0.2) is 0 Å². The Morgan fingerprint density at radius 3 is 0.679 bits per heavy atom. The molecule has 0 radical (unpaired) electrons. The van der Waals surface area contributed by atoms with Gasteiger partial charge in [-0.2, -0.15) is 0 Å². The lowest BCUT2D eigenvalue weighted by atomic mass is 9.80. The van der Waals surface area contributed by atoms with Crippen molar-refractivity contribution >= 4 is 0 Å². The van der Waals surface area contributed by atoms with Gasteiger partial charge >= 0.3 is 0 Å². The molecule has 0 aliphatic rings. The summed E-state index contributed by atoms with van der Waals surface area (Å²) < 4.78 is 67.2. The van der Waals surface area contributed by atoms with E-state index >= 15 is 0 Å². The van der Waals surface area contributed by atoms with E-state index in [1.54, 1.807) is 0 Å². The molecule has 13 heteroatoms. The highest BCUT2D eigenvalue weighted by atomic mass is 16.6. The number of hydrogen-bond donors (Lipinski definition) is 1. The fourth-order valence-corrected chi connectivity index (χ4v) is 5.39. The highest BCUT2D eigenvalue weighted by molar-refractivity contribution is 5.47. The molecule has 0 saturated heterocycles. The van der Waals surface area contributed by atoms with Gasteiger partial charge in [0.15, 0.2) is 0 Å². The molecule has 56 heavy (non-hydrogen) atoms. The van der Waals surface area contributed by atoms with Crippen LogP contribution in [0.1, 0.15) is 16.7 Å². The molecule has 0 aliphatic carbocycles. The van der Waals surface area contributed by atoms with Crippen molar-refractivity contribution in [3.05, 3.63) is 108 Å². The molecule has 3 aromatic rings. The van der Waals surface area contributed by atoms with Gasteiger partial charge in [-0.1, -0.05) is 91.0 Å². The Morgan fingerprint density at radius 1 is 0.268 bits per heavy atom. The maximum atomic E-state index is 8.60. The lowest BCUT2D eigenvalue weighted by molar-refractivity contribution is -0.0399. The zero-order valence-corrected chi connectivity index (χ0v) is 33.0. The van der Waals surface area contributed by atoms with Crippen LogP contribution in [0, 0.1) is 0 Å². The maximum Gasteiger partial charge on any atom is 0.143 e. The molecule has 0 unspecified atom stereocenters. The first-order valence-corrected chi connectivity index (χ1v) is 19.6. The third-order valence-electron chi connectivity index (χ3n) is 8.04. The lowest BCUT2D eigenvalue weighted by Gasteiger charge is -2.36. The minimum absolute atomic E-state index is 0.0223. The Morgan fingerprint density at radius 2 is 0.464 bits per heavy atom. The molecule has 1 N–H and O–H groups in total. The summed E-state index contributed by atoms with van der Waals surface area (Å²) in [5, 5.41) is 8.60. The van der Waals surface area contributed by atoms with Crippen molar-refractivity contribution in [3.63, 3.8) is 0 Å². The summed E-state index contributed by atoms with van der Waals surface area (Å²) in [4.78, 5) is 0. The monoisotopic (exact) mass is 788 g/mol. The van der Waals surface area contributed by atoms with Crippen molar-refractivity contribution in [1.29, 1.82) is 0 Å². The van der Waals surface area contributed by atoms with Crippen LogP contribution >= 0.6 is 0 Å². The predicted molar refractivity (Wildman–Crippen MR) is 211 cm³/mol. The van der Waals surface area contributed by atoms with Crippen LogP contribution in [0.15, 0.2) is 91.0 Å². The second-order valence-corrected chi connectivity index (χ2v) is 12.1. The van der Waals surface area contributed by atoms with Crippen molar-refractivity contribution in [3.8, 4) is 0 Å². The summed E-state index contributed by atoms with van der Waals surface area (Å²) in [5.74, 6) is 0. The highest BCUT2D eigenvalue weighted by Crippen LogP contribution is 2.40. The molecular formula is C43H64O13. The van der Waals surface area contributed by atoms with E-state index in [2.05, 4.69) is 36.4 Å². The third kappa shape index (κ3) is 21.6. The van der Waals surface area contributed by atoms with Crippen molar-refractivity contribution in [1.82, 2.24) is 0 Å². The minimum atomic E-state index is -0.754. The molecule has 0 fully saturated rings. The van der Waals surface area contributed by atoms with Crippen LogP contribution in [0.3, 0.4) is 0 Å². The van der Waals surface area contributed by atoms with Crippen molar-refractivity contribution in [2.45, 2.75) is 5.60 Å². The zero-order valence-electron chi connectivity index (χ0n) is 33.0. The molecule has 0 bridgehead atoms. The zero-order chi connectivity index (χ0) is 39.3. The first kappa shape index (κ1) is 47.5. The molecular weight excluding hydrogens is 724 g/mol. The Kier molecular flexibility index (Phi) is 29.0. The van der Waals surface area contributed by atoms with Gasteiger partial charge in [0.2, 0.25) is 0 Å². The first-order valence-electron chi connectivity index (χ1n) is 19.6. The van der Waals surface area contributed by atoms with E-state index in [4.69, 9.17) is 61.9 Å². The van der Waals surface area contributed by atoms with Crippen LogP contribution in [-0.4, -0.2) is 164 Å². The number of aliphatic hydroxyl groups is 1. The molecule has 0 amide bonds. The largest absolute Gasteiger partial charge is 0.394 e. The second-order valence-electron chi connectivity index (χ2n) is 12.1. The quantitative estimate of drug-likeness (QED) is 0.0657. The molecule has 0 saturated carbocycles. The van der Waals surface area contributed by atoms with E-state index in [9.17, 15) is 0 Å². The highest BCUT2D eigenvalue weighted by Gasteiger charge is 2.37. The SMILES string of the molecule is OCCOCCOCCOCCOCCOCCOCCOCCOCCOCCOCCOCCOC(c1ccccc1)(c1ccccc1)c1ccccc1. The van der Waals surface area contributed by atoms with Crippen molar-refractivity contribution < 1.29 is 61.9 Å². The van der Waals surface area contributed by atoms with E-state index in [0.717, 1.165) is 16.7 Å². The summed E-state index contributed by atoms with van der Waals surface area (Å²) in [6.45, 7) is 11.0. The first-order chi connectivity index (χ1) is 27.9. The normalized spacial score (nSPS) is 11.7. The number of ether oxygens (including phenoxy) is 12. The van der Waals surface area contributed by atoms with Gasteiger partial charge in [0.05, 0.1) is 159 Å². The number of aliphatic hydroxyl groups excluding tert-OH is 1. The Balaban J connectivity index is 1.04. The van der Waals surface area contributed by atoms with E-state index in [-0.39, 0.29) is 6.61 Å². The molecule has 0 aromatic heterocycles. The van der Waals surface area contributed by atoms with Crippen LogP contribution in [-0.2, 0) is 62.4 Å². The molecule has 0 spiro atoms. The predicted octanol–water partition coefficient (Wildman–Crippen LogP) is 4.17. The Hall–Kier alpha value is -2.86. The standard InChI is InChI=1S/C43H64O13/c44-16-17-45-18-19-46-20-21-47-22-23-48-24-25-49-26-27-50-28-29-51-30-31-52-32-33-53-34-35-54-36-37-55-38-39-56-43(40-10-4-1-5-11-40,41-12-6-2-7-13-41)42-14-8-3-9-15-42/h1-15,44H,16-39H2. The average Bonchev–Trinajstić information content (AvgIpc) is 3.24. The van der Waals surface area contributed by atoms with E-state index in [0.29, 0.717) is 152 Å². The summed E-state index contributed by atoms with van der Waals surface area (Å²) >= 11 is 0. The van der Waals surface area contributed by atoms with Gasteiger partial charge in [-0.3, -0.25) is 0 Å².